The first-order valence-corrected chi connectivity index (χ1v) is 4.20. The van der Waals surface area contributed by atoms with Gasteiger partial charge in [0.2, 0.25) is 0 Å². The molecule has 1 aliphatic carbocycles. The monoisotopic (exact) mass is 244 g/mol. The van der Waals surface area contributed by atoms with Gasteiger partial charge in [0.05, 0.1) is 0 Å². The average Bonchev–Trinajstić information content (AvgIpc) is 2.21. The van der Waals surface area contributed by atoms with Gasteiger partial charge in [-0.25, -0.2) is 4.39 Å². The van der Waals surface area contributed by atoms with Crippen LogP contribution in [0.3, 0.4) is 0 Å². The average molecular weight is 244 g/mol. The number of hydrogen-bond acceptors (Lipinski definition) is 0. The van der Waals surface area contributed by atoms with Crippen molar-refractivity contribution in [1.29, 1.82) is 0 Å². The molecule has 2 rings (SSSR count). The van der Waals surface area contributed by atoms with Crippen molar-refractivity contribution in [2.45, 2.75) is 0 Å². The molecule has 0 heterocycles. The van der Waals surface area contributed by atoms with Crippen LogP contribution in [0, 0.1) is 44.1 Å². The molecule has 1 aromatic carbocycles. The predicted octanol–water partition coefficient (Wildman–Crippen LogP) is 3.35. The number of benzene rings is 1. The molecule has 3 heteroatoms. The van der Waals surface area contributed by atoms with E-state index in [-0.39, 0.29) is 29.3 Å². The molecule has 0 bridgehead atoms. The maximum absolute atomic E-state index is 11.9. The topological polar surface area (TPSA) is 0 Å². The Balaban J connectivity index is 0.000000245. The summed E-state index contributed by atoms with van der Waals surface area (Å²) in [5.41, 5.74) is 0. The molecule has 0 nitrogen and oxygen atoms in total. The molecule has 0 aromatic heterocycles. The molecule has 0 spiro atoms. The van der Waals surface area contributed by atoms with Crippen molar-refractivity contribution in [1.82, 2.24) is 0 Å². The summed E-state index contributed by atoms with van der Waals surface area (Å²) in [6.45, 7) is 0. The van der Waals surface area contributed by atoms with E-state index in [1.165, 1.54) is 25.0 Å². The summed E-state index contributed by atoms with van der Waals surface area (Å²) in [6.07, 6.45) is 7.76. The summed E-state index contributed by atoms with van der Waals surface area (Å²) in [5, 5.41) is 0. The van der Waals surface area contributed by atoms with Gasteiger partial charge in [-0.05, 0) is 12.1 Å². The van der Waals surface area contributed by atoms with Crippen molar-refractivity contribution in [2.24, 2.45) is 0 Å². The minimum absolute atomic E-state index is 0. The van der Waals surface area contributed by atoms with Crippen LogP contribution in [-0.2, 0) is 17.4 Å². The van der Waals surface area contributed by atoms with Gasteiger partial charge in [0, 0.05) is 17.4 Å². The van der Waals surface area contributed by atoms with E-state index in [1.54, 1.807) is 37.5 Å². The van der Waals surface area contributed by atoms with Gasteiger partial charge in [0.15, 0.2) is 0 Å². The van der Waals surface area contributed by atoms with Crippen LogP contribution in [0.2, 0.25) is 0 Å². The molecule has 84 valence electrons. The van der Waals surface area contributed by atoms with Crippen LogP contribution in [-0.4, -0.2) is 0 Å². The van der Waals surface area contributed by atoms with E-state index in [9.17, 15) is 8.78 Å². The predicted molar refractivity (Wildman–Crippen MR) is 52.3 cm³/mol. The third kappa shape index (κ3) is 7.53. The largest absolute Gasteiger partial charge is 0.725 e. The SMILES string of the molecule is F[C-]1[CH-][CH-][CH-][CH-][CH-]1.Fc1ccccc1.[Cr]. The summed E-state index contributed by atoms with van der Waals surface area (Å²) in [5.74, 6) is -0.178. The molecule has 1 aliphatic rings. The van der Waals surface area contributed by atoms with Crippen molar-refractivity contribution in [3.05, 3.63) is 74.4 Å². The van der Waals surface area contributed by atoms with Gasteiger partial charge in [0.1, 0.15) is 5.82 Å². The van der Waals surface area contributed by atoms with Crippen LogP contribution in [0.25, 0.3) is 0 Å². The minimum atomic E-state index is -0.178. The molecule has 1 fully saturated rings. The van der Waals surface area contributed by atoms with Crippen molar-refractivity contribution < 1.29 is 26.1 Å². The first kappa shape index (κ1) is 14.6. The summed E-state index contributed by atoms with van der Waals surface area (Å²) in [4.78, 5) is 0. The van der Waals surface area contributed by atoms with Crippen LogP contribution in [0.15, 0.2) is 30.3 Å². The van der Waals surface area contributed by atoms with E-state index in [0.29, 0.717) is 0 Å². The van der Waals surface area contributed by atoms with E-state index >= 15 is 0 Å². The zero-order valence-electron chi connectivity index (χ0n) is 7.94. The standard InChI is InChI=1S/2C6H5F.Cr/c2*7-6-4-2-1-3-5-6;/h2*1-5H;/q;-6;. The van der Waals surface area contributed by atoms with E-state index in [2.05, 4.69) is 0 Å². The van der Waals surface area contributed by atoms with Crippen LogP contribution in [0.1, 0.15) is 0 Å². The van der Waals surface area contributed by atoms with Gasteiger partial charge in [-0.15, -0.1) is 0 Å². The molecule has 1 saturated carbocycles. The number of halogens is 2. The van der Waals surface area contributed by atoms with Gasteiger partial charge in [-0.3, -0.25) is 0 Å². The zero-order valence-corrected chi connectivity index (χ0v) is 9.21. The van der Waals surface area contributed by atoms with E-state index in [4.69, 9.17) is 0 Å². The van der Waals surface area contributed by atoms with Crippen molar-refractivity contribution in [3.8, 4) is 0 Å². The smallest absolute Gasteiger partial charge is 0.123 e. The molecule has 15 heavy (non-hydrogen) atoms. The Labute approximate surface area is 101 Å². The van der Waals surface area contributed by atoms with Gasteiger partial charge < -0.3 is 42.7 Å². The van der Waals surface area contributed by atoms with Gasteiger partial charge in [0.25, 0.3) is 0 Å². The van der Waals surface area contributed by atoms with Crippen LogP contribution >= 0.6 is 0 Å². The molecule has 0 aliphatic heterocycles. The number of hydrogen-bond donors (Lipinski definition) is 0. The van der Waals surface area contributed by atoms with Crippen molar-refractivity contribution >= 4 is 0 Å². The first-order chi connectivity index (χ1) is 6.79. The first-order valence-electron chi connectivity index (χ1n) is 4.20. The molecule has 0 unspecified atom stereocenters. The van der Waals surface area contributed by atoms with E-state index in [0.717, 1.165) is 0 Å². The van der Waals surface area contributed by atoms with E-state index < -0.39 is 0 Å². The number of rotatable bonds is 0. The molecule has 0 atom stereocenters. The van der Waals surface area contributed by atoms with Crippen molar-refractivity contribution in [2.75, 3.05) is 0 Å². The maximum atomic E-state index is 11.9. The molecule has 1 aromatic rings. The maximum Gasteiger partial charge on any atom is 0.123 e. The Bertz CT molecular complexity index is 233. The summed E-state index contributed by atoms with van der Waals surface area (Å²) in [7, 11) is 0. The second kappa shape index (κ2) is 8.88. The molecule has 0 N–H and O–H groups in total. The third-order valence-electron chi connectivity index (χ3n) is 1.47. The van der Waals surface area contributed by atoms with Gasteiger partial charge in [-0.2, -0.15) is 0 Å². The zero-order chi connectivity index (χ0) is 10.2. The van der Waals surface area contributed by atoms with Crippen LogP contribution < -0.4 is 0 Å². The summed E-state index contributed by atoms with van der Waals surface area (Å²) in [6, 6.07) is 7.94. The quantitative estimate of drug-likeness (QED) is 0.614. The Morgan fingerprint density at radius 1 is 0.933 bits per heavy atom. The Kier molecular flexibility index (Phi) is 8.65. The Hall–Kier alpha value is -0.388. The molecular formula is C12H10CrF2-6. The fourth-order valence-corrected chi connectivity index (χ4v) is 0.829. The fraction of sp³-hybridized carbons (Fsp3) is 0. The fourth-order valence-electron chi connectivity index (χ4n) is 0.829. The summed E-state index contributed by atoms with van der Waals surface area (Å²) >= 11 is 0. The van der Waals surface area contributed by atoms with Crippen LogP contribution in [0.4, 0.5) is 8.78 Å². The summed E-state index contributed by atoms with van der Waals surface area (Å²) < 4.78 is 23.8. The Morgan fingerprint density at radius 2 is 1.47 bits per heavy atom. The normalized spacial score (nSPS) is 15.9. The van der Waals surface area contributed by atoms with E-state index in [1.807, 2.05) is 0 Å². The Morgan fingerprint density at radius 3 is 1.73 bits per heavy atom. The second-order valence-corrected chi connectivity index (χ2v) is 2.59. The van der Waals surface area contributed by atoms with Gasteiger partial charge >= 0.3 is 0 Å². The third-order valence-corrected chi connectivity index (χ3v) is 1.47. The van der Waals surface area contributed by atoms with Crippen molar-refractivity contribution in [3.63, 3.8) is 0 Å². The minimum Gasteiger partial charge on any atom is -0.725 e. The van der Waals surface area contributed by atoms with Crippen LogP contribution in [0.5, 0.6) is 0 Å². The second-order valence-electron chi connectivity index (χ2n) is 2.59. The van der Waals surface area contributed by atoms with Gasteiger partial charge in [-0.1, -0.05) is 18.2 Å². The molecule has 0 amide bonds. The molecular weight excluding hydrogens is 234 g/mol. The molecule has 0 saturated heterocycles. The molecule has 0 radical (unpaired) electrons.